The van der Waals surface area contributed by atoms with Crippen LogP contribution in [0.2, 0.25) is 0 Å². The van der Waals surface area contributed by atoms with Gasteiger partial charge in [-0.05, 0) is 26.2 Å². The molecule has 0 bridgehead atoms. The van der Waals surface area contributed by atoms with Gasteiger partial charge < -0.3 is 15.4 Å². The predicted octanol–water partition coefficient (Wildman–Crippen LogP) is 0.957. The number of amides is 2. The van der Waals surface area contributed by atoms with E-state index in [2.05, 4.69) is 27.5 Å². The molecule has 2 N–H and O–H groups in total. The van der Waals surface area contributed by atoms with Crippen LogP contribution in [-0.4, -0.2) is 31.2 Å². The smallest absolute Gasteiger partial charge is 0.325 e. The number of nitrogens with one attached hydrogen (secondary N) is 2. The number of carbonyl (C=O) groups is 2. The molecule has 2 amide bonds. The van der Waals surface area contributed by atoms with Crippen molar-refractivity contribution in [3.63, 3.8) is 0 Å². The number of carbonyl (C=O) groups excluding carboxylic acids is 2. The molecule has 0 aliphatic heterocycles. The highest BCUT2D eigenvalue weighted by atomic mass is 16.5. The Hall–Kier alpha value is -1.52. The molecule has 1 aliphatic carbocycles. The lowest BCUT2D eigenvalue weighted by atomic mass is 10.0. The quantitative estimate of drug-likeness (QED) is 0.554. The minimum Gasteiger partial charge on any atom is -0.465 e. The van der Waals surface area contributed by atoms with Crippen molar-refractivity contribution in [2.24, 2.45) is 0 Å². The summed E-state index contributed by atoms with van der Waals surface area (Å²) in [5, 5.41) is 5.27. The molecule has 5 nitrogen and oxygen atoms in total. The predicted molar refractivity (Wildman–Crippen MR) is 59.9 cm³/mol. The molecule has 0 aromatic carbocycles. The lowest BCUT2D eigenvalue weighted by Gasteiger charge is -2.19. The van der Waals surface area contributed by atoms with E-state index in [0.717, 1.165) is 19.3 Å². The first kappa shape index (κ1) is 12.5. The fraction of sp³-hybridized carbons (Fsp3) is 0.636. The third-order valence-corrected chi connectivity index (χ3v) is 2.30. The van der Waals surface area contributed by atoms with Gasteiger partial charge in [0.2, 0.25) is 0 Å². The molecule has 5 heteroatoms. The van der Waals surface area contributed by atoms with Crippen LogP contribution in [0, 0.1) is 0 Å². The van der Waals surface area contributed by atoms with E-state index in [-0.39, 0.29) is 18.6 Å². The first-order valence-corrected chi connectivity index (χ1v) is 5.57. The normalized spacial score (nSPS) is 18.9. The van der Waals surface area contributed by atoms with Crippen LogP contribution in [-0.2, 0) is 9.53 Å². The van der Waals surface area contributed by atoms with Crippen LogP contribution < -0.4 is 10.6 Å². The fourth-order valence-electron chi connectivity index (χ4n) is 1.53. The molecule has 16 heavy (non-hydrogen) atoms. The highest BCUT2D eigenvalue weighted by molar-refractivity contribution is 5.80. The molecule has 1 aliphatic rings. The highest BCUT2D eigenvalue weighted by Gasteiger charge is 2.13. The molecule has 1 atom stereocenters. The third-order valence-electron chi connectivity index (χ3n) is 2.30. The van der Waals surface area contributed by atoms with E-state index in [9.17, 15) is 9.59 Å². The van der Waals surface area contributed by atoms with Crippen LogP contribution in [0.25, 0.3) is 0 Å². The number of hydrogen-bond acceptors (Lipinski definition) is 3. The topological polar surface area (TPSA) is 67.4 Å². The number of urea groups is 1. The molecular formula is C11H18N2O3. The van der Waals surface area contributed by atoms with E-state index in [1.165, 1.54) is 0 Å². The van der Waals surface area contributed by atoms with Crippen LogP contribution in [0.3, 0.4) is 0 Å². The second-order valence-corrected chi connectivity index (χ2v) is 3.61. The van der Waals surface area contributed by atoms with Gasteiger partial charge in [-0.25, -0.2) is 4.79 Å². The Labute approximate surface area is 95.2 Å². The number of esters is 1. The van der Waals surface area contributed by atoms with Crippen LogP contribution >= 0.6 is 0 Å². The summed E-state index contributed by atoms with van der Waals surface area (Å²) in [6.45, 7) is 1.98. The SMILES string of the molecule is CCOC(=O)CNC(=O)NC1CC=CCC1. The fourth-order valence-corrected chi connectivity index (χ4v) is 1.53. The summed E-state index contributed by atoms with van der Waals surface area (Å²) in [5.74, 6) is -0.416. The van der Waals surface area contributed by atoms with Gasteiger partial charge in [0.05, 0.1) is 6.61 Å². The molecule has 0 heterocycles. The summed E-state index contributed by atoms with van der Waals surface area (Å²) >= 11 is 0. The Kier molecular flexibility index (Phi) is 5.39. The Bertz CT molecular complexity index is 276. The van der Waals surface area contributed by atoms with Gasteiger partial charge in [-0.3, -0.25) is 4.79 Å². The zero-order valence-corrected chi connectivity index (χ0v) is 9.49. The molecule has 0 radical (unpaired) electrons. The van der Waals surface area contributed by atoms with Gasteiger partial charge in [0.25, 0.3) is 0 Å². The maximum Gasteiger partial charge on any atom is 0.325 e. The van der Waals surface area contributed by atoms with Gasteiger partial charge >= 0.3 is 12.0 Å². The van der Waals surface area contributed by atoms with Gasteiger partial charge in [0, 0.05) is 6.04 Å². The zero-order valence-electron chi connectivity index (χ0n) is 9.49. The second kappa shape index (κ2) is 6.87. The molecular weight excluding hydrogens is 208 g/mol. The maximum absolute atomic E-state index is 11.4. The van der Waals surface area contributed by atoms with Crippen molar-refractivity contribution in [2.75, 3.05) is 13.2 Å². The van der Waals surface area contributed by atoms with Gasteiger partial charge in [-0.2, -0.15) is 0 Å². The van der Waals surface area contributed by atoms with Gasteiger partial charge in [0.15, 0.2) is 0 Å². The van der Waals surface area contributed by atoms with E-state index in [1.54, 1.807) is 6.92 Å². The van der Waals surface area contributed by atoms with Crippen LogP contribution in [0.5, 0.6) is 0 Å². The second-order valence-electron chi connectivity index (χ2n) is 3.61. The average Bonchev–Trinajstić information content (AvgIpc) is 2.28. The Balaban J connectivity index is 2.15. The molecule has 1 unspecified atom stereocenters. The third kappa shape index (κ3) is 4.82. The summed E-state index contributed by atoms with van der Waals surface area (Å²) in [5.41, 5.74) is 0. The van der Waals surface area contributed by atoms with E-state index in [4.69, 9.17) is 0 Å². The molecule has 90 valence electrons. The molecule has 0 saturated heterocycles. The summed E-state index contributed by atoms with van der Waals surface area (Å²) in [6, 6.07) is -0.138. The zero-order chi connectivity index (χ0) is 11.8. The summed E-state index contributed by atoms with van der Waals surface area (Å²) < 4.78 is 4.69. The lowest BCUT2D eigenvalue weighted by molar-refractivity contribution is -0.141. The molecule has 0 spiro atoms. The van der Waals surface area contributed by atoms with Gasteiger partial charge in [-0.1, -0.05) is 12.2 Å². The minimum absolute atomic E-state index is 0.0811. The van der Waals surface area contributed by atoms with E-state index in [1.807, 2.05) is 0 Å². The first-order chi connectivity index (χ1) is 7.72. The Morgan fingerprint density at radius 1 is 1.44 bits per heavy atom. The van der Waals surface area contributed by atoms with Gasteiger partial charge in [0.1, 0.15) is 6.54 Å². The van der Waals surface area contributed by atoms with Crippen molar-refractivity contribution in [3.05, 3.63) is 12.2 Å². The largest absolute Gasteiger partial charge is 0.465 e. The van der Waals surface area contributed by atoms with E-state index in [0.29, 0.717) is 6.61 Å². The molecule has 0 fully saturated rings. The average molecular weight is 226 g/mol. The summed E-state index contributed by atoms with van der Waals surface area (Å²) in [4.78, 5) is 22.3. The van der Waals surface area contributed by atoms with Crippen LogP contribution in [0.15, 0.2) is 12.2 Å². The molecule has 0 aromatic rings. The van der Waals surface area contributed by atoms with E-state index >= 15 is 0 Å². The van der Waals surface area contributed by atoms with Crippen molar-refractivity contribution in [1.82, 2.24) is 10.6 Å². The summed E-state index contributed by atoms with van der Waals surface area (Å²) in [7, 11) is 0. The Morgan fingerprint density at radius 3 is 2.88 bits per heavy atom. The number of hydrogen-bond donors (Lipinski definition) is 2. The van der Waals surface area contributed by atoms with Crippen molar-refractivity contribution in [3.8, 4) is 0 Å². The van der Waals surface area contributed by atoms with Crippen molar-refractivity contribution >= 4 is 12.0 Å². The molecule has 0 aromatic heterocycles. The van der Waals surface area contributed by atoms with Crippen molar-refractivity contribution in [1.29, 1.82) is 0 Å². The maximum atomic E-state index is 11.4. The van der Waals surface area contributed by atoms with Gasteiger partial charge in [-0.15, -0.1) is 0 Å². The number of allylic oxidation sites excluding steroid dienone is 1. The monoisotopic (exact) mass is 226 g/mol. The van der Waals surface area contributed by atoms with Crippen molar-refractivity contribution < 1.29 is 14.3 Å². The molecule has 1 rings (SSSR count). The molecule has 0 saturated carbocycles. The van der Waals surface area contributed by atoms with Crippen molar-refractivity contribution in [2.45, 2.75) is 32.2 Å². The van der Waals surface area contributed by atoms with Crippen LogP contribution in [0.1, 0.15) is 26.2 Å². The standard InChI is InChI=1S/C11H18N2O3/c1-2-16-10(14)8-12-11(15)13-9-6-4-3-5-7-9/h3-4,9H,2,5-8H2,1H3,(H2,12,13,15). The number of rotatable bonds is 4. The lowest BCUT2D eigenvalue weighted by Crippen LogP contribution is -2.44. The minimum atomic E-state index is -0.416. The summed E-state index contributed by atoms with van der Waals surface area (Å²) in [6.07, 6.45) is 6.95. The number of ether oxygens (including phenoxy) is 1. The highest BCUT2D eigenvalue weighted by Crippen LogP contribution is 2.09. The van der Waals surface area contributed by atoms with E-state index < -0.39 is 5.97 Å². The Morgan fingerprint density at radius 2 is 2.25 bits per heavy atom. The first-order valence-electron chi connectivity index (χ1n) is 5.57. The van der Waals surface area contributed by atoms with Crippen LogP contribution in [0.4, 0.5) is 4.79 Å².